The number of nitrogens with zero attached hydrogens (tertiary/aromatic N) is 3. The van der Waals surface area contributed by atoms with E-state index in [1.54, 1.807) is 25.6 Å². The summed E-state index contributed by atoms with van der Waals surface area (Å²) in [6, 6.07) is 0. The second kappa shape index (κ2) is 5.71. The smallest absolute Gasteiger partial charge is 0.328 e. The molecule has 0 saturated carbocycles. The summed E-state index contributed by atoms with van der Waals surface area (Å²) in [4.78, 5) is 10.1. The van der Waals surface area contributed by atoms with Crippen molar-refractivity contribution in [2.45, 2.75) is 6.61 Å². The number of rotatable bonds is 5. The molecule has 6 nitrogen and oxygen atoms in total. The largest absolute Gasteiger partial charge is 0.478 e. The van der Waals surface area contributed by atoms with Gasteiger partial charge in [0.25, 0.3) is 0 Å². The van der Waals surface area contributed by atoms with E-state index in [2.05, 4.69) is 10.3 Å². The van der Waals surface area contributed by atoms with Crippen LogP contribution in [-0.2, 0) is 16.1 Å². The van der Waals surface area contributed by atoms with Crippen LogP contribution in [0, 0.1) is 0 Å². The highest BCUT2D eigenvalue weighted by Gasteiger charge is 1.95. The topological polar surface area (TPSA) is 77.2 Å². The van der Waals surface area contributed by atoms with E-state index in [-0.39, 0.29) is 0 Å². The highest BCUT2D eigenvalue weighted by molar-refractivity contribution is 5.80. The molecule has 0 aliphatic rings. The summed E-state index contributed by atoms with van der Waals surface area (Å²) in [6.07, 6.45) is 7.27. The van der Waals surface area contributed by atoms with Gasteiger partial charge in [-0.2, -0.15) is 0 Å². The third kappa shape index (κ3) is 4.19. The third-order valence-corrected chi connectivity index (χ3v) is 1.44. The number of methoxy groups -OCH3 is 1. The molecule has 0 bridgehead atoms. The van der Waals surface area contributed by atoms with Gasteiger partial charge in [-0.15, -0.1) is 5.10 Å². The summed E-state index contributed by atoms with van der Waals surface area (Å²) in [7, 11) is 1.57. The molecule has 0 fully saturated rings. The van der Waals surface area contributed by atoms with Gasteiger partial charge < -0.3 is 9.84 Å². The summed E-state index contributed by atoms with van der Waals surface area (Å²) in [5.74, 6) is -0.988. The molecule has 15 heavy (non-hydrogen) atoms. The highest BCUT2D eigenvalue weighted by atomic mass is 16.5. The molecule has 0 unspecified atom stereocenters. The second-order valence-electron chi connectivity index (χ2n) is 2.66. The minimum atomic E-state index is -0.988. The molecular weight excluding hydrogens is 198 g/mol. The predicted molar refractivity (Wildman–Crippen MR) is 52.8 cm³/mol. The average molecular weight is 209 g/mol. The van der Waals surface area contributed by atoms with Crippen molar-refractivity contribution in [3.05, 3.63) is 30.1 Å². The van der Waals surface area contributed by atoms with Gasteiger partial charge in [0.05, 0.1) is 12.8 Å². The molecule has 0 saturated heterocycles. The van der Waals surface area contributed by atoms with Crippen LogP contribution in [0.5, 0.6) is 0 Å². The summed E-state index contributed by atoms with van der Waals surface area (Å²) in [5.41, 5.74) is 0.712. The van der Waals surface area contributed by atoms with Crippen LogP contribution in [0.15, 0.2) is 24.4 Å². The van der Waals surface area contributed by atoms with Crippen LogP contribution in [0.4, 0.5) is 0 Å². The number of aromatic nitrogens is 3. The lowest BCUT2D eigenvalue weighted by molar-refractivity contribution is -0.131. The summed E-state index contributed by atoms with van der Waals surface area (Å²) < 4.78 is 6.34. The van der Waals surface area contributed by atoms with E-state index in [4.69, 9.17) is 9.84 Å². The molecule has 0 aliphatic carbocycles. The van der Waals surface area contributed by atoms with Crippen LogP contribution < -0.4 is 0 Å². The SMILES string of the molecule is COCc1cn(/C=C/C=CC(=O)O)nn1. The molecular formula is C9H11N3O3. The average Bonchev–Trinajstić information content (AvgIpc) is 2.61. The second-order valence-corrected chi connectivity index (χ2v) is 2.66. The number of allylic oxidation sites excluding steroid dienone is 2. The van der Waals surface area contributed by atoms with E-state index < -0.39 is 5.97 Å². The molecule has 1 heterocycles. The van der Waals surface area contributed by atoms with Gasteiger partial charge in [0, 0.05) is 19.4 Å². The molecule has 0 atom stereocenters. The van der Waals surface area contributed by atoms with Crippen molar-refractivity contribution >= 4 is 12.2 Å². The molecule has 80 valence electrons. The van der Waals surface area contributed by atoms with Gasteiger partial charge in [-0.1, -0.05) is 11.3 Å². The van der Waals surface area contributed by atoms with Crippen LogP contribution in [0.3, 0.4) is 0 Å². The molecule has 0 aromatic carbocycles. The number of aliphatic carboxylic acids is 1. The van der Waals surface area contributed by atoms with Crippen LogP contribution in [0.25, 0.3) is 6.20 Å². The maximum atomic E-state index is 10.1. The highest BCUT2D eigenvalue weighted by Crippen LogP contribution is 1.95. The number of hydrogen-bond donors (Lipinski definition) is 1. The van der Waals surface area contributed by atoms with Crippen molar-refractivity contribution in [1.82, 2.24) is 15.0 Å². The van der Waals surface area contributed by atoms with Gasteiger partial charge in [0.15, 0.2) is 0 Å². The first kappa shape index (κ1) is 11.1. The zero-order chi connectivity index (χ0) is 11.1. The van der Waals surface area contributed by atoms with Crippen LogP contribution >= 0.6 is 0 Å². The van der Waals surface area contributed by atoms with Crippen LogP contribution in [-0.4, -0.2) is 33.2 Å². The van der Waals surface area contributed by atoms with Crippen molar-refractivity contribution in [3.8, 4) is 0 Å². The van der Waals surface area contributed by atoms with Crippen LogP contribution in [0.2, 0.25) is 0 Å². The summed E-state index contributed by atoms with van der Waals surface area (Å²) >= 11 is 0. The fraction of sp³-hybridized carbons (Fsp3) is 0.222. The van der Waals surface area contributed by atoms with E-state index in [0.717, 1.165) is 6.08 Å². The first-order valence-electron chi connectivity index (χ1n) is 4.20. The van der Waals surface area contributed by atoms with E-state index in [1.807, 2.05) is 0 Å². The Labute approximate surface area is 86.5 Å². The van der Waals surface area contributed by atoms with Gasteiger partial charge >= 0.3 is 5.97 Å². The maximum Gasteiger partial charge on any atom is 0.328 e. The number of hydrogen-bond acceptors (Lipinski definition) is 4. The fourth-order valence-corrected chi connectivity index (χ4v) is 0.876. The molecule has 6 heteroatoms. The Bertz CT molecular complexity index is 382. The molecule has 0 amide bonds. The van der Waals surface area contributed by atoms with Crippen molar-refractivity contribution in [2.24, 2.45) is 0 Å². The number of carbonyl (C=O) groups is 1. The monoisotopic (exact) mass is 209 g/mol. The fourth-order valence-electron chi connectivity index (χ4n) is 0.876. The van der Waals surface area contributed by atoms with Gasteiger partial charge in [-0.3, -0.25) is 0 Å². The third-order valence-electron chi connectivity index (χ3n) is 1.44. The zero-order valence-corrected chi connectivity index (χ0v) is 8.20. The standard InChI is InChI=1S/C9H11N3O3/c1-15-7-8-6-12(11-10-8)5-3-2-4-9(13)14/h2-6H,7H2,1H3,(H,13,14)/b4-2?,5-3+. The van der Waals surface area contributed by atoms with E-state index >= 15 is 0 Å². The zero-order valence-electron chi connectivity index (χ0n) is 8.20. The number of carboxylic acids is 1. The summed E-state index contributed by atoms with van der Waals surface area (Å²) in [5, 5.41) is 15.9. The van der Waals surface area contributed by atoms with Crippen molar-refractivity contribution in [3.63, 3.8) is 0 Å². The van der Waals surface area contributed by atoms with E-state index in [9.17, 15) is 4.79 Å². The Morgan fingerprint density at radius 1 is 1.67 bits per heavy atom. The quantitative estimate of drug-likeness (QED) is 0.565. The predicted octanol–water partition coefficient (Wildman–Crippen LogP) is 0.536. The lowest BCUT2D eigenvalue weighted by Gasteiger charge is -1.88. The molecule has 0 spiro atoms. The first-order valence-corrected chi connectivity index (χ1v) is 4.20. The van der Waals surface area contributed by atoms with Crippen molar-refractivity contribution in [2.75, 3.05) is 7.11 Å². The van der Waals surface area contributed by atoms with Crippen molar-refractivity contribution < 1.29 is 14.6 Å². The van der Waals surface area contributed by atoms with Crippen molar-refractivity contribution in [1.29, 1.82) is 0 Å². The lowest BCUT2D eigenvalue weighted by atomic mass is 10.5. The Morgan fingerprint density at radius 2 is 2.47 bits per heavy atom. The normalized spacial score (nSPS) is 11.5. The molecule has 1 aromatic rings. The molecule has 0 aliphatic heterocycles. The van der Waals surface area contributed by atoms with Crippen LogP contribution in [0.1, 0.15) is 5.69 Å². The Kier molecular flexibility index (Phi) is 4.24. The van der Waals surface area contributed by atoms with Gasteiger partial charge in [-0.05, 0) is 6.08 Å². The minimum Gasteiger partial charge on any atom is -0.478 e. The Balaban J connectivity index is 2.53. The molecule has 1 aromatic heterocycles. The molecule has 0 radical (unpaired) electrons. The molecule has 1 rings (SSSR count). The Morgan fingerprint density at radius 3 is 3.13 bits per heavy atom. The number of carboxylic acid groups (broad SMARTS) is 1. The number of ether oxygens (including phenoxy) is 1. The van der Waals surface area contributed by atoms with Gasteiger partial charge in [-0.25, -0.2) is 9.48 Å². The van der Waals surface area contributed by atoms with Gasteiger partial charge in [0.1, 0.15) is 5.69 Å². The summed E-state index contributed by atoms with van der Waals surface area (Å²) in [6.45, 7) is 0.402. The maximum absolute atomic E-state index is 10.1. The van der Waals surface area contributed by atoms with E-state index in [1.165, 1.54) is 10.8 Å². The van der Waals surface area contributed by atoms with E-state index in [0.29, 0.717) is 12.3 Å². The Hall–Kier alpha value is -1.95. The lowest BCUT2D eigenvalue weighted by Crippen LogP contribution is -1.86. The molecule has 1 N–H and O–H groups in total. The first-order chi connectivity index (χ1) is 7.22. The minimum absolute atomic E-state index is 0.402. The van der Waals surface area contributed by atoms with Gasteiger partial charge in [0.2, 0.25) is 0 Å².